The summed E-state index contributed by atoms with van der Waals surface area (Å²) in [7, 11) is 5.40. The minimum Gasteiger partial charge on any atom is -0.478 e. The molecule has 2 aliphatic rings. The molecule has 3 N–H and O–H groups in total. The molecule has 10 aromatic rings. The third kappa shape index (κ3) is 17.9. The first kappa shape index (κ1) is 72.5. The molecule has 476 valence electrons. The van der Waals surface area contributed by atoms with Crippen molar-refractivity contribution in [2.75, 3.05) is 28.4 Å². The van der Waals surface area contributed by atoms with Gasteiger partial charge in [-0.1, -0.05) is 114 Å². The Morgan fingerprint density at radius 1 is 0.479 bits per heavy atom. The van der Waals surface area contributed by atoms with Gasteiger partial charge >= 0.3 is 29.8 Å². The number of nitrogens with one attached hydrogen (secondary N) is 2. The number of aromatic carboxylic acids is 1. The van der Waals surface area contributed by atoms with Crippen LogP contribution in [0.25, 0.3) is 44.1 Å². The van der Waals surface area contributed by atoms with Gasteiger partial charge in [0.25, 0.3) is 11.1 Å². The molecule has 17 nitrogen and oxygen atoms in total. The number of carboxylic acid groups (broad SMARTS) is 1. The van der Waals surface area contributed by atoms with Crippen LogP contribution >= 0.6 is 47.8 Å². The van der Waals surface area contributed by atoms with Crippen molar-refractivity contribution in [3.8, 4) is 40.7 Å². The second kappa shape index (κ2) is 34.2. The lowest BCUT2D eigenvalue weighted by molar-refractivity contribution is 0.0591. The van der Waals surface area contributed by atoms with E-state index in [9.17, 15) is 33.6 Å². The van der Waals surface area contributed by atoms with Gasteiger partial charge in [-0.3, -0.25) is 9.59 Å². The van der Waals surface area contributed by atoms with Crippen molar-refractivity contribution in [2.24, 2.45) is 0 Å². The van der Waals surface area contributed by atoms with Crippen LogP contribution in [0.1, 0.15) is 120 Å². The molecule has 0 atom stereocenters. The van der Waals surface area contributed by atoms with E-state index in [2.05, 4.69) is 97.1 Å². The number of aryl methyl sites for hydroxylation is 4. The maximum atomic E-state index is 12.2. The molecular formula is C74H62Br3N5O12. The second-order valence-electron chi connectivity index (χ2n) is 20.8. The second-order valence-corrected chi connectivity index (χ2v) is 23.0. The standard InChI is InChI=1S/C18H13NO3.C17H13NO.C10H8BrNO2.C10H9NO2.C9H9BrO2.C8H7BrO2.C2H3N/c1-22-18(21)10-6-7-12-11(8-10)9-15-13-4-2-3-5-14(13)17(20)19-16(12)15;1-10-6-7-12-11(8-10)9-15-13-4-2-3-5-14(13)17(19)18-16(12)15;1-14-10(13)7-2-3-8(6-12)9(4-7)5-11;1-7-5-8(10(12)13-2)3-4-9(7)6-11;1-6-5-7(9(11)12-2)3-4-8(6)10;1-5-4-6(8(10)11)2-3-7(5)9;1-2-3/h2-8H,9H2,1H3,(H,19,20);2-8H,9H2,1H3,(H,18,19);2-4H,5H2,1H3;3-5H,1-2H3;3-5H,1-2H3;2-4H,1H3,(H,10,11);1H3. The highest BCUT2D eigenvalue weighted by atomic mass is 79.9. The maximum Gasteiger partial charge on any atom is 0.337 e. The fraction of sp³-hybridized carbons (Fsp3) is 0.162. The van der Waals surface area contributed by atoms with E-state index in [0.717, 1.165) is 81.9 Å². The molecule has 12 rings (SSSR count). The van der Waals surface area contributed by atoms with Crippen LogP contribution in [0, 0.1) is 61.7 Å². The van der Waals surface area contributed by atoms with Crippen LogP contribution in [0.2, 0.25) is 0 Å². The monoisotopic (exact) mass is 1450 g/mol. The molecule has 8 aromatic carbocycles. The summed E-state index contributed by atoms with van der Waals surface area (Å²) in [6.45, 7) is 9.10. The Labute approximate surface area is 567 Å². The van der Waals surface area contributed by atoms with Crippen molar-refractivity contribution < 1.29 is 48.0 Å². The zero-order chi connectivity index (χ0) is 68.9. The first-order valence-corrected chi connectivity index (χ1v) is 31.2. The molecule has 20 heteroatoms. The van der Waals surface area contributed by atoms with Crippen LogP contribution in [0.15, 0.2) is 176 Å². The molecule has 0 saturated carbocycles. The maximum absolute atomic E-state index is 12.2. The Morgan fingerprint density at radius 2 is 0.840 bits per heavy atom. The van der Waals surface area contributed by atoms with Gasteiger partial charge in [0, 0.05) is 55.9 Å². The van der Waals surface area contributed by atoms with Crippen LogP contribution < -0.4 is 11.1 Å². The Morgan fingerprint density at radius 3 is 1.26 bits per heavy atom. The Kier molecular flexibility index (Phi) is 26.4. The van der Waals surface area contributed by atoms with Crippen molar-refractivity contribution >= 4 is 99.2 Å². The summed E-state index contributed by atoms with van der Waals surface area (Å²) in [4.78, 5) is 85.8. The number of aromatic amines is 2. The highest BCUT2D eigenvalue weighted by molar-refractivity contribution is 9.10. The number of hydrogen-bond donors (Lipinski definition) is 3. The number of benzene rings is 8. The summed E-state index contributed by atoms with van der Waals surface area (Å²) < 4.78 is 20.4. The number of fused-ring (bicyclic) bond motifs is 10. The Balaban J connectivity index is 0.000000181. The van der Waals surface area contributed by atoms with Gasteiger partial charge in [0.2, 0.25) is 0 Å². The van der Waals surface area contributed by atoms with Crippen molar-refractivity contribution in [3.05, 3.63) is 276 Å². The number of carbonyl (C=O) groups is 5. The topological polar surface area (TPSA) is 280 Å². The summed E-state index contributed by atoms with van der Waals surface area (Å²) in [5.41, 5.74) is 16.9. The third-order valence-electron chi connectivity index (χ3n) is 14.7. The van der Waals surface area contributed by atoms with E-state index in [1.165, 1.54) is 57.6 Å². The lowest BCUT2D eigenvalue weighted by Gasteiger charge is -2.05. The number of ether oxygens (including phenoxy) is 4. The highest BCUT2D eigenvalue weighted by Crippen LogP contribution is 2.39. The van der Waals surface area contributed by atoms with E-state index in [-0.39, 0.29) is 29.0 Å². The minimum absolute atomic E-state index is 0.00257. The predicted octanol–water partition coefficient (Wildman–Crippen LogP) is 15.7. The highest BCUT2D eigenvalue weighted by Gasteiger charge is 2.25. The zero-order valence-electron chi connectivity index (χ0n) is 52.5. The normalized spacial score (nSPS) is 10.4. The van der Waals surface area contributed by atoms with Crippen molar-refractivity contribution in [1.82, 2.24) is 9.97 Å². The molecule has 2 heterocycles. The third-order valence-corrected chi connectivity index (χ3v) is 17.1. The number of carbonyl (C=O) groups excluding carboxylic acids is 4. The summed E-state index contributed by atoms with van der Waals surface area (Å²) in [6.07, 6.45) is 1.61. The molecule has 0 saturated heterocycles. The van der Waals surface area contributed by atoms with Crippen LogP contribution in [0.4, 0.5) is 0 Å². The molecule has 0 fully saturated rings. The van der Waals surface area contributed by atoms with Gasteiger partial charge < -0.3 is 34.0 Å². The van der Waals surface area contributed by atoms with Gasteiger partial charge in [-0.05, 0) is 180 Å². The Hall–Kier alpha value is -10.6. The van der Waals surface area contributed by atoms with E-state index in [0.29, 0.717) is 56.1 Å². The Bertz CT molecular complexity index is 4810. The number of nitriles is 3. The van der Waals surface area contributed by atoms with Gasteiger partial charge in [0.05, 0.1) is 97.0 Å². The van der Waals surface area contributed by atoms with E-state index >= 15 is 0 Å². The minimum atomic E-state index is -0.888. The first-order valence-electron chi connectivity index (χ1n) is 28.5. The van der Waals surface area contributed by atoms with E-state index in [1.54, 1.807) is 85.8 Å². The van der Waals surface area contributed by atoms with E-state index in [4.69, 9.17) is 25.6 Å². The number of methoxy groups -OCH3 is 4. The molecule has 94 heavy (non-hydrogen) atoms. The van der Waals surface area contributed by atoms with Gasteiger partial charge in [0.15, 0.2) is 0 Å². The van der Waals surface area contributed by atoms with Gasteiger partial charge in [-0.15, -0.1) is 0 Å². The van der Waals surface area contributed by atoms with Crippen LogP contribution in [0.3, 0.4) is 0 Å². The smallest absolute Gasteiger partial charge is 0.337 e. The SMILES string of the molecule is CC#N.COC(=O)c1ccc(Br)c(C)c1.COC(=O)c1ccc(C#N)c(C)c1.COC(=O)c1ccc(C#N)c(CBr)c1.COC(=O)c1ccc2c(c1)Cc1c-2[nH]c(=O)c2ccccc12.Cc1cc(C(=O)O)ccc1Br.Cc1ccc2c(c1)Cc1c-2[nH]c(=O)c2ccccc12. The number of rotatable bonds is 6. The molecule has 0 aliphatic heterocycles. The molecule has 0 amide bonds. The summed E-state index contributed by atoms with van der Waals surface area (Å²) >= 11 is 9.88. The van der Waals surface area contributed by atoms with E-state index in [1.807, 2.05) is 92.7 Å². The molecule has 0 spiro atoms. The number of carboxylic acids is 1. The van der Waals surface area contributed by atoms with Crippen molar-refractivity contribution in [3.63, 3.8) is 0 Å². The molecule has 2 aromatic heterocycles. The van der Waals surface area contributed by atoms with Gasteiger partial charge in [0.1, 0.15) is 0 Å². The number of alkyl halides is 1. The molecular weight excluding hydrogens is 1390 g/mol. The number of aromatic nitrogens is 2. The number of pyridine rings is 2. The largest absolute Gasteiger partial charge is 0.478 e. The summed E-state index contributed by atoms with van der Waals surface area (Å²) in [6, 6.07) is 53.1. The summed E-state index contributed by atoms with van der Waals surface area (Å²) in [5, 5.41) is 37.4. The quantitative estimate of drug-likeness (QED) is 0.0793. The fourth-order valence-corrected chi connectivity index (χ4v) is 10.9. The number of esters is 4. The molecule has 0 unspecified atom stereocenters. The average molecular weight is 1450 g/mol. The fourth-order valence-electron chi connectivity index (χ4n) is 9.98. The zero-order valence-corrected chi connectivity index (χ0v) is 57.3. The molecule has 0 bridgehead atoms. The number of hydrogen-bond acceptors (Lipinski definition) is 14. The van der Waals surface area contributed by atoms with Gasteiger partial charge in [-0.25, -0.2) is 24.0 Å². The average Bonchev–Trinajstić information content (AvgIpc) is 1.59. The molecule has 2 aliphatic carbocycles. The van der Waals surface area contributed by atoms with Crippen LogP contribution in [-0.4, -0.2) is 73.4 Å². The van der Waals surface area contributed by atoms with E-state index < -0.39 is 11.9 Å². The van der Waals surface area contributed by atoms with Crippen molar-refractivity contribution in [1.29, 1.82) is 15.8 Å². The van der Waals surface area contributed by atoms with Gasteiger partial charge in [-0.2, -0.15) is 15.8 Å². The lowest BCUT2D eigenvalue weighted by atomic mass is 10.0. The number of nitrogens with zero attached hydrogens (tertiary/aromatic N) is 3. The molecule has 0 radical (unpaired) electrons. The predicted molar refractivity (Wildman–Crippen MR) is 371 cm³/mol. The number of halogens is 3. The van der Waals surface area contributed by atoms with Crippen LogP contribution in [0.5, 0.6) is 0 Å². The van der Waals surface area contributed by atoms with Crippen LogP contribution in [-0.2, 0) is 37.1 Å². The summed E-state index contributed by atoms with van der Waals surface area (Å²) in [5.74, 6) is -2.31. The lowest BCUT2D eigenvalue weighted by Crippen LogP contribution is -2.08. The number of H-pyrrole nitrogens is 2. The van der Waals surface area contributed by atoms with Crippen molar-refractivity contribution in [2.45, 2.75) is 52.8 Å². The first-order chi connectivity index (χ1) is 45.0.